The van der Waals surface area contributed by atoms with E-state index in [2.05, 4.69) is 23.3 Å². The van der Waals surface area contributed by atoms with Crippen LogP contribution in [0.5, 0.6) is 0 Å². The Bertz CT molecular complexity index is 720. The van der Waals surface area contributed by atoms with Crippen LogP contribution in [0.4, 0.5) is 0 Å². The van der Waals surface area contributed by atoms with E-state index >= 15 is 0 Å². The number of carboxylic acid groups (broad SMARTS) is 2. The third-order valence-corrected chi connectivity index (χ3v) is 5.59. The van der Waals surface area contributed by atoms with Crippen molar-refractivity contribution in [2.45, 2.75) is 95.6 Å². The topological polar surface area (TPSA) is 227 Å². The van der Waals surface area contributed by atoms with Gasteiger partial charge in [-0.2, -0.15) is 0 Å². The number of aliphatic carboxylic acids is 2. The maximum atomic E-state index is 12.1. The van der Waals surface area contributed by atoms with Gasteiger partial charge in [0.1, 0.15) is 11.6 Å². The minimum absolute atomic E-state index is 0.00988. The predicted octanol–water partition coefficient (Wildman–Crippen LogP) is -3.02. The van der Waals surface area contributed by atoms with E-state index in [1.807, 2.05) is 0 Å². The number of hydrogen-bond acceptors (Lipinski definition) is 9. The second kappa shape index (κ2) is 18.5. The Hall–Kier alpha value is -2.77. The fraction of sp³-hybridized carbons (Fsp3) is 0.783. The van der Waals surface area contributed by atoms with Crippen molar-refractivity contribution in [3.8, 4) is 0 Å². The highest BCUT2D eigenvalue weighted by Crippen LogP contribution is 2.15. The first kappa shape index (κ1) is 33.2. The molecule has 2 atom stereocenters. The van der Waals surface area contributed by atoms with E-state index < -0.39 is 54.1 Å². The smallest absolute Gasteiger partial charge is 0.245 e. The second-order valence-corrected chi connectivity index (χ2v) is 8.92. The summed E-state index contributed by atoms with van der Waals surface area (Å²) in [6.07, 6.45) is 5.71. The van der Waals surface area contributed by atoms with Gasteiger partial charge in [-0.1, -0.05) is 45.4 Å². The highest BCUT2D eigenvalue weighted by molar-refractivity contribution is 5.90. The average molecular weight is 518 g/mol. The monoisotopic (exact) mass is 517 g/mol. The molecule has 0 aromatic rings. The van der Waals surface area contributed by atoms with Gasteiger partial charge in [0.25, 0.3) is 0 Å². The van der Waals surface area contributed by atoms with Crippen LogP contribution in [0.15, 0.2) is 0 Å². The normalized spacial score (nSPS) is 13.3. The van der Waals surface area contributed by atoms with Crippen molar-refractivity contribution >= 4 is 29.7 Å². The van der Waals surface area contributed by atoms with Gasteiger partial charge in [-0.15, -0.1) is 0 Å². The van der Waals surface area contributed by atoms with Crippen molar-refractivity contribution in [3.63, 3.8) is 0 Å². The van der Waals surface area contributed by atoms with Gasteiger partial charge < -0.3 is 41.3 Å². The van der Waals surface area contributed by atoms with Crippen molar-refractivity contribution in [2.24, 2.45) is 0 Å². The number of hydrogen-bond donors (Lipinski definition) is 5. The largest absolute Gasteiger partial charge is 0.547 e. The van der Waals surface area contributed by atoms with Gasteiger partial charge in [-0.25, -0.2) is 5.06 Å². The van der Waals surface area contributed by atoms with Crippen LogP contribution in [0, 0.1) is 0 Å². The van der Waals surface area contributed by atoms with Crippen LogP contribution in [0.3, 0.4) is 0 Å². The molecule has 13 heteroatoms. The Morgan fingerprint density at radius 1 is 0.889 bits per heavy atom. The molecule has 36 heavy (non-hydrogen) atoms. The van der Waals surface area contributed by atoms with Crippen molar-refractivity contribution in [3.05, 3.63) is 0 Å². The van der Waals surface area contributed by atoms with Crippen LogP contribution in [0.1, 0.15) is 84.0 Å². The van der Waals surface area contributed by atoms with E-state index in [1.165, 1.54) is 19.3 Å². The number of carbonyl (C=O) groups excluding carboxylic acids is 5. The van der Waals surface area contributed by atoms with Gasteiger partial charge in [0.15, 0.2) is 0 Å². The number of unbranched alkanes of at least 4 members (excludes halogenated alkanes) is 6. The van der Waals surface area contributed by atoms with Crippen LogP contribution in [-0.4, -0.2) is 76.3 Å². The highest BCUT2D eigenvalue weighted by Gasteiger charge is 2.34. The molecule has 0 aliphatic rings. The molecular formula is C23H41N4O9-. The van der Waals surface area contributed by atoms with E-state index in [9.17, 15) is 44.5 Å². The minimum atomic E-state index is -2.78. The van der Waals surface area contributed by atoms with Gasteiger partial charge in [0, 0.05) is 25.9 Å². The van der Waals surface area contributed by atoms with E-state index in [4.69, 9.17) is 0 Å². The maximum Gasteiger partial charge on any atom is 0.245 e. The molecule has 3 amide bonds. The zero-order valence-corrected chi connectivity index (χ0v) is 21.1. The molecule has 0 heterocycles. The summed E-state index contributed by atoms with van der Waals surface area (Å²) in [4.78, 5) is 57.8. The van der Waals surface area contributed by atoms with Gasteiger partial charge >= 0.3 is 0 Å². The number of nitrogens with one attached hydrogen (secondary N) is 2. The summed E-state index contributed by atoms with van der Waals surface area (Å²) in [5.41, 5.74) is 0.527. The van der Waals surface area contributed by atoms with Gasteiger partial charge in [0.05, 0.1) is 31.3 Å². The zero-order chi connectivity index (χ0) is 27.6. The summed E-state index contributed by atoms with van der Waals surface area (Å²) < 4.78 is 0. The van der Waals surface area contributed by atoms with Gasteiger partial charge in [-0.05, 0) is 12.8 Å². The van der Waals surface area contributed by atoms with Crippen LogP contribution < -0.4 is 26.6 Å². The fourth-order valence-electron chi connectivity index (χ4n) is 3.31. The molecule has 208 valence electrons. The molecule has 0 aliphatic heterocycles. The van der Waals surface area contributed by atoms with Crippen LogP contribution >= 0.6 is 0 Å². The molecule has 0 bridgehead atoms. The Balaban J connectivity index is 4.26. The second-order valence-electron chi connectivity index (χ2n) is 8.92. The summed E-state index contributed by atoms with van der Waals surface area (Å²) in [7, 11) is 0. The Labute approximate surface area is 211 Å². The summed E-state index contributed by atoms with van der Waals surface area (Å²) in [6.45, 7) is 1.94. The van der Waals surface area contributed by atoms with Crippen LogP contribution in [-0.2, 0) is 24.0 Å². The molecule has 0 radical (unpaired) electrons. The molecule has 0 saturated heterocycles. The summed E-state index contributed by atoms with van der Waals surface area (Å²) >= 11 is 0. The third-order valence-electron chi connectivity index (χ3n) is 5.59. The van der Waals surface area contributed by atoms with Crippen molar-refractivity contribution in [1.29, 1.82) is 0 Å². The first-order valence-electron chi connectivity index (χ1n) is 12.4. The van der Waals surface area contributed by atoms with Crippen LogP contribution in [0.2, 0.25) is 0 Å². The molecule has 0 spiro atoms. The Morgan fingerprint density at radius 2 is 1.42 bits per heavy atom. The van der Waals surface area contributed by atoms with Crippen LogP contribution in [0.25, 0.3) is 0 Å². The zero-order valence-electron chi connectivity index (χ0n) is 21.1. The number of nitrogens with zero attached hydrogens (tertiary/aromatic N) is 1. The van der Waals surface area contributed by atoms with Crippen molar-refractivity contribution in [2.75, 3.05) is 19.6 Å². The van der Waals surface area contributed by atoms with E-state index in [-0.39, 0.29) is 38.9 Å². The van der Waals surface area contributed by atoms with Crippen molar-refractivity contribution < 1.29 is 50.2 Å². The lowest BCUT2D eigenvalue weighted by atomic mass is 9.94. The lowest BCUT2D eigenvalue weighted by molar-refractivity contribution is -0.438. The Kier molecular flexibility index (Phi) is 17.1. The summed E-state index contributed by atoms with van der Waals surface area (Å²) in [6, 6.07) is -1.08. The van der Waals surface area contributed by atoms with E-state index in [1.54, 1.807) is 0 Å². The van der Waals surface area contributed by atoms with E-state index in [0.717, 1.165) is 19.3 Å². The number of amides is 3. The number of hydroxylamine groups is 2. The first-order valence-corrected chi connectivity index (χ1v) is 12.4. The molecule has 0 fully saturated rings. The molecule has 0 aliphatic carbocycles. The summed E-state index contributed by atoms with van der Waals surface area (Å²) in [5, 5.41) is 47.1. The first-order chi connectivity index (χ1) is 16.9. The molecule has 7 N–H and O–H groups in total. The van der Waals surface area contributed by atoms with Crippen molar-refractivity contribution in [1.82, 2.24) is 15.7 Å². The van der Waals surface area contributed by atoms with E-state index in [0.29, 0.717) is 11.5 Å². The Morgan fingerprint density at radius 3 is 1.94 bits per heavy atom. The highest BCUT2D eigenvalue weighted by atomic mass is 16.5. The molecule has 0 aromatic carbocycles. The number of rotatable bonds is 21. The molecular weight excluding hydrogens is 476 g/mol. The maximum absolute atomic E-state index is 12.1. The number of aliphatic hydroxyl groups is 1. The number of carbonyl (C=O) groups is 5. The average Bonchev–Trinajstić information content (AvgIpc) is 2.80. The SMILES string of the molecule is CCCCCCCCCC(=O)N(O)CCCNC(=O)CC(O)(CC(=O)NCCC([NH3+])C(=O)[O-])C(=O)[O-]. The lowest BCUT2D eigenvalue weighted by Crippen LogP contribution is -2.68. The predicted molar refractivity (Wildman–Crippen MR) is 122 cm³/mol. The molecule has 0 aromatic heterocycles. The van der Waals surface area contributed by atoms with Gasteiger partial charge in [-0.3, -0.25) is 19.6 Å². The lowest BCUT2D eigenvalue weighted by Gasteiger charge is -2.28. The number of carboxylic acids is 2. The molecule has 13 nitrogen and oxygen atoms in total. The molecule has 0 rings (SSSR count). The minimum Gasteiger partial charge on any atom is -0.547 e. The molecule has 2 unspecified atom stereocenters. The standard InChI is InChI=1S/C23H42N4O9/c1-2-3-4-5-6-7-8-10-20(30)27(36)14-9-12-25-18(28)15-23(35,22(33)34)16-19(29)26-13-11-17(24)21(31)32/h17,35-36H,2-16,24H2,1H3,(H,25,28)(H,26,29)(H,31,32)(H,33,34)/p-1. The quantitative estimate of drug-likeness (QED) is 0.0592. The fourth-order valence-corrected chi connectivity index (χ4v) is 3.31. The van der Waals surface area contributed by atoms with Gasteiger partial charge in [0.2, 0.25) is 17.7 Å². The summed E-state index contributed by atoms with van der Waals surface area (Å²) in [5.74, 6) is -5.64. The number of quaternary nitrogens is 1. The molecule has 0 saturated carbocycles. The third kappa shape index (κ3) is 15.3.